The lowest BCUT2D eigenvalue weighted by molar-refractivity contribution is -0.112. The number of nitrogens with zero attached hydrogens (tertiary/aromatic N) is 1. The summed E-state index contributed by atoms with van der Waals surface area (Å²) in [6.07, 6.45) is 63.0. The number of hydrogen-bond donors (Lipinski definition) is 0. The van der Waals surface area contributed by atoms with Crippen LogP contribution in [-0.2, 0) is 0 Å². The molecule has 1 saturated heterocycles. The van der Waals surface area contributed by atoms with Gasteiger partial charge >= 0.3 is 0 Å². The lowest BCUT2D eigenvalue weighted by Crippen LogP contribution is -2.55. The highest BCUT2D eigenvalue weighted by Crippen LogP contribution is 2.73. The largest absolute Gasteiger partial charge is 0.303 e. The van der Waals surface area contributed by atoms with Gasteiger partial charge in [-0.3, -0.25) is 0 Å². The molecule has 1 nitrogen and oxygen atoms in total. The van der Waals surface area contributed by atoms with Crippen LogP contribution in [0.15, 0.2) is 23.8 Å². The molecule has 0 spiro atoms. The van der Waals surface area contributed by atoms with Crippen LogP contribution in [-0.4, -0.2) is 24.5 Å². The van der Waals surface area contributed by atoms with E-state index < -0.39 is 0 Å². The zero-order valence-electron chi connectivity index (χ0n) is 45.8. The van der Waals surface area contributed by atoms with Gasteiger partial charge in [-0.15, -0.1) is 0 Å². The van der Waals surface area contributed by atoms with Crippen molar-refractivity contribution in [2.24, 2.45) is 63.6 Å². The molecule has 65 heavy (non-hydrogen) atoms. The van der Waals surface area contributed by atoms with E-state index in [1.54, 1.807) is 0 Å². The number of unbranched alkanes of at least 4 members (excludes halogenated alkanes) is 18. The maximum atomic E-state index is 2.89. The Labute approximate surface area is 409 Å². The van der Waals surface area contributed by atoms with Crippen LogP contribution < -0.4 is 0 Å². The number of likely N-dealkylation sites (tertiary alicyclic amines) is 1. The van der Waals surface area contributed by atoms with Crippen molar-refractivity contribution in [2.75, 3.05) is 19.6 Å². The number of allylic oxidation sites excluding steroid dienone is 4. The first-order valence-corrected chi connectivity index (χ1v) is 30.6. The molecule has 4 aliphatic carbocycles. The van der Waals surface area contributed by atoms with Gasteiger partial charge in [0.15, 0.2) is 0 Å². The van der Waals surface area contributed by atoms with Crippen molar-refractivity contribution in [3.05, 3.63) is 23.8 Å². The van der Waals surface area contributed by atoms with Crippen LogP contribution in [0.25, 0.3) is 0 Å². The topological polar surface area (TPSA) is 3.24 Å². The zero-order chi connectivity index (χ0) is 46.4. The van der Waals surface area contributed by atoms with Crippen molar-refractivity contribution in [1.82, 2.24) is 4.90 Å². The molecule has 1 aliphatic heterocycles. The van der Waals surface area contributed by atoms with E-state index in [0.29, 0.717) is 16.2 Å². The van der Waals surface area contributed by atoms with Gasteiger partial charge in [-0.05, 0) is 173 Å². The first kappa shape index (κ1) is 55.4. The summed E-state index contributed by atoms with van der Waals surface area (Å²) in [5.41, 5.74) is 3.53. The van der Waals surface area contributed by atoms with Crippen molar-refractivity contribution >= 4 is 0 Å². The Hall–Kier alpha value is -0.560. The first-order valence-electron chi connectivity index (χ1n) is 30.6. The molecule has 0 aromatic rings. The molecule has 5 aliphatic rings. The van der Waals surface area contributed by atoms with Crippen LogP contribution in [0.2, 0.25) is 0 Å². The summed E-state index contributed by atoms with van der Waals surface area (Å²) in [4.78, 5) is 2.89. The third-order valence-electron chi connectivity index (χ3n) is 20.7. The Morgan fingerprint density at radius 2 is 1.18 bits per heavy atom. The molecule has 378 valence electrons. The summed E-state index contributed by atoms with van der Waals surface area (Å²) < 4.78 is 0. The second kappa shape index (κ2) is 29.6. The Bertz CT molecular complexity index is 1310. The summed E-state index contributed by atoms with van der Waals surface area (Å²) in [6.45, 7) is 24.7. The molecule has 0 aromatic carbocycles. The van der Waals surface area contributed by atoms with Gasteiger partial charge in [0.25, 0.3) is 0 Å². The van der Waals surface area contributed by atoms with Gasteiger partial charge in [0, 0.05) is 13.1 Å². The van der Waals surface area contributed by atoms with Crippen LogP contribution >= 0.6 is 0 Å². The predicted molar refractivity (Wildman–Crippen MR) is 290 cm³/mol. The van der Waals surface area contributed by atoms with Crippen molar-refractivity contribution in [3.8, 4) is 0 Å². The molecular weight excluding hydrogens is 783 g/mol. The highest BCUT2D eigenvalue weighted by Gasteiger charge is 2.64. The third-order valence-corrected chi connectivity index (χ3v) is 20.7. The lowest BCUT2D eigenvalue weighted by Gasteiger charge is -2.63. The smallest absolute Gasteiger partial charge is 0.00102 e. The maximum Gasteiger partial charge on any atom is 0.00102 e. The fourth-order valence-corrected chi connectivity index (χ4v) is 16.2. The SMILES string of the molecule is CCCCCCCC/C=C\CCCCCCCCCCC(CCCCCCCC1CCC2(C)C(=CCC3C2CCC2(C)C(C(C)CCCC(C)C)CCC32C)C1)CN1CCC(CCC)C1. The molecule has 0 radical (unpaired) electrons. The summed E-state index contributed by atoms with van der Waals surface area (Å²) in [7, 11) is 0. The van der Waals surface area contributed by atoms with Gasteiger partial charge in [-0.1, -0.05) is 220 Å². The van der Waals surface area contributed by atoms with Gasteiger partial charge in [0.05, 0.1) is 0 Å². The highest BCUT2D eigenvalue weighted by atomic mass is 15.1. The minimum atomic E-state index is 0.497. The van der Waals surface area contributed by atoms with E-state index in [0.717, 1.165) is 47.3 Å². The van der Waals surface area contributed by atoms with E-state index in [1.807, 2.05) is 5.57 Å². The van der Waals surface area contributed by atoms with Gasteiger partial charge in [-0.25, -0.2) is 0 Å². The van der Waals surface area contributed by atoms with Crippen LogP contribution in [0.4, 0.5) is 0 Å². The second-order valence-electron chi connectivity index (χ2n) is 25.9. The normalized spacial score (nSPS) is 31.3. The molecule has 3 saturated carbocycles. The second-order valence-corrected chi connectivity index (χ2v) is 25.9. The quantitative estimate of drug-likeness (QED) is 0.0453. The Balaban J connectivity index is 0.939. The molecule has 1 heterocycles. The van der Waals surface area contributed by atoms with E-state index in [-0.39, 0.29) is 0 Å². The van der Waals surface area contributed by atoms with Gasteiger partial charge in [0.1, 0.15) is 0 Å². The summed E-state index contributed by atoms with van der Waals surface area (Å²) >= 11 is 0. The minimum absolute atomic E-state index is 0.497. The average molecular weight is 901 g/mol. The standard InChI is InChI=1S/C64H117N/c1-9-11-12-13-14-15-16-17-18-19-20-21-22-23-24-25-27-31-38-57(52-65-49-45-56(51-65)34-10-2)39-32-29-26-28-30-37-55-42-46-62(6)58(50-55)40-41-61-60(62)44-48-63(7)59(43-47-64(61,63)8)54(5)36-33-35-53(3)4/h17-18,40,53-57,59-61H,9-16,19-39,41-52H2,1-8H3/b18-17-. The number of fused-ring (bicyclic) bond motifs is 5. The number of hydrogen-bond acceptors (Lipinski definition) is 1. The lowest BCUT2D eigenvalue weighted by atomic mass is 9.42. The Kier molecular flexibility index (Phi) is 25.2. The molecule has 10 atom stereocenters. The van der Waals surface area contributed by atoms with Crippen LogP contribution in [0.1, 0.15) is 299 Å². The fraction of sp³-hybridized carbons (Fsp3) is 0.938. The molecule has 5 rings (SSSR count). The predicted octanol–water partition coefficient (Wildman–Crippen LogP) is 20.7. The summed E-state index contributed by atoms with van der Waals surface area (Å²) in [6, 6.07) is 0. The monoisotopic (exact) mass is 900 g/mol. The zero-order valence-corrected chi connectivity index (χ0v) is 45.8. The van der Waals surface area contributed by atoms with E-state index in [4.69, 9.17) is 0 Å². The highest BCUT2D eigenvalue weighted by molar-refractivity contribution is 5.26. The molecular formula is C64H117N. The van der Waals surface area contributed by atoms with Crippen LogP contribution in [0.5, 0.6) is 0 Å². The van der Waals surface area contributed by atoms with Gasteiger partial charge in [-0.2, -0.15) is 0 Å². The average Bonchev–Trinajstić information content (AvgIpc) is 3.85. The van der Waals surface area contributed by atoms with E-state index in [9.17, 15) is 0 Å². The summed E-state index contributed by atoms with van der Waals surface area (Å²) in [5, 5.41) is 0. The van der Waals surface area contributed by atoms with E-state index in [2.05, 4.69) is 78.5 Å². The molecule has 0 bridgehead atoms. The summed E-state index contributed by atoms with van der Waals surface area (Å²) in [5.74, 6) is 7.47. The Morgan fingerprint density at radius 1 is 0.569 bits per heavy atom. The van der Waals surface area contributed by atoms with E-state index >= 15 is 0 Å². The van der Waals surface area contributed by atoms with Gasteiger partial charge in [0.2, 0.25) is 0 Å². The maximum absolute atomic E-state index is 2.89. The van der Waals surface area contributed by atoms with Crippen LogP contribution in [0, 0.1) is 63.6 Å². The van der Waals surface area contributed by atoms with Crippen molar-refractivity contribution < 1.29 is 0 Å². The Morgan fingerprint density at radius 3 is 1.83 bits per heavy atom. The molecule has 0 N–H and O–H groups in total. The fourth-order valence-electron chi connectivity index (χ4n) is 16.2. The van der Waals surface area contributed by atoms with Crippen molar-refractivity contribution in [3.63, 3.8) is 0 Å². The molecule has 0 amide bonds. The minimum Gasteiger partial charge on any atom is -0.303 e. The van der Waals surface area contributed by atoms with E-state index in [1.165, 1.54) is 264 Å². The van der Waals surface area contributed by atoms with Crippen LogP contribution in [0.3, 0.4) is 0 Å². The van der Waals surface area contributed by atoms with Crippen molar-refractivity contribution in [1.29, 1.82) is 0 Å². The van der Waals surface area contributed by atoms with Gasteiger partial charge < -0.3 is 4.90 Å². The third kappa shape index (κ3) is 16.8. The molecule has 0 aromatic heterocycles. The molecule has 1 heteroatoms. The van der Waals surface area contributed by atoms with Crippen molar-refractivity contribution in [2.45, 2.75) is 299 Å². The molecule has 4 fully saturated rings. The molecule has 10 unspecified atom stereocenters. The number of rotatable bonds is 35. The first-order chi connectivity index (χ1) is 31.5.